The fourth-order valence-corrected chi connectivity index (χ4v) is 2.18. The molecule has 0 atom stereocenters. The number of hydrogen-bond donors (Lipinski definition) is 2. The number of phenolic OH excluding ortho intramolecular Hbond substituents is 1. The van der Waals surface area contributed by atoms with Gasteiger partial charge >= 0.3 is 5.97 Å². The smallest absolute Gasteiger partial charge is 0.339 e. The van der Waals surface area contributed by atoms with Crippen molar-refractivity contribution in [3.8, 4) is 5.75 Å². The minimum absolute atomic E-state index is 0.0402. The maximum atomic E-state index is 11.8. The normalized spacial score (nSPS) is 10.2. The standard InChI is InChI=1S/C16H16ClNO3/c1-10-6-7-14(12(8-10)16(20)21-2)18-9-11-4-3-5-13(17)15(11)19/h3-8,18-19H,9H2,1-2H3. The van der Waals surface area contributed by atoms with Crippen LogP contribution >= 0.6 is 11.6 Å². The average molecular weight is 306 g/mol. The van der Waals surface area contributed by atoms with Crippen molar-refractivity contribution in [2.24, 2.45) is 0 Å². The third kappa shape index (κ3) is 3.47. The largest absolute Gasteiger partial charge is 0.506 e. The number of phenols is 1. The zero-order valence-corrected chi connectivity index (χ0v) is 12.6. The molecule has 0 fully saturated rings. The second kappa shape index (κ2) is 6.50. The Balaban J connectivity index is 2.24. The Kier molecular flexibility index (Phi) is 4.70. The van der Waals surface area contributed by atoms with Crippen molar-refractivity contribution < 1.29 is 14.6 Å². The van der Waals surface area contributed by atoms with Crippen LogP contribution in [0.25, 0.3) is 0 Å². The number of carbonyl (C=O) groups excluding carboxylic acids is 1. The van der Waals surface area contributed by atoms with E-state index in [-0.39, 0.29) is 5.75 Å². The molecule has 0 spiro atoms. The van der Waals surface area contributed by atoms with E-state index in [1.165, 1.54) is 7.11 Å². The molecule has 0 saturated heterocycles. The van der Waals surface area contributed by atoms with E-state index in [0.717, 1.165) is 5.56 Å². The van der Waals surface area contributed by atoms with E-state index in [0.29, 0.717) is 28.4 Å². The molecule has 2 N–H and O–H groups in total. The summed E-state index contributed by atoms with van der Waals surface area (Å²) in [6, 6.07) is 10.6. The van der Waals surface area contributed by atoms with E-state index >= 15 is 0 Å². The van der Waals surface area contributed by atoms with E-state index in [1.54, 1.807) is 24.3 Å². The Bertz CT molecular complexity index is 671. The van der Waals surface area contributed by atoms with Gasteiger partial charge in [0.25, 0.3) is 0 Å². The first-order valence-electron chi connectivity index (χ1n) is 6.42. The number of esters is 1. The molecule has 0 saturated carbocycles. The molecule has 4 nitrogen and oxygen atoms in total. The zero-order valence-electron chi connectivity index (χ0n) is 11.8. The van der Waals surface area contributed by atoms with Gasteiger partial charge in [-0.1, -0.05) is 35.4 Å². The number of anilines is 1. The van der Waals surface area contributed by atoms with Crippen LogP contribution in [0, 0.1) is 6.92 Å². The van der Waals surface area contributed by atoms with Gasteiger partial charge in [0.15, 0.2) is 0 Å². The van der Waals surface area contributed by atoms with Crippen LogP contribution in [-0.4, -0.2) is 18.2 Å². The van der Waals surface area contributed by atoms with Crippen LogP contribution in [0.2, 0.25) is 5.02 Å². The van der Waals surface area contributed by atoms with Crippen LogP contribution in [0.15, 0.2) is 36.4 Å². The molecule has 2 aromatic carbocycles. The van der Waals surface area contributed by atoms with Gasteiger partial charge < -0.3 is 15.2 Å². The van der Waals surface area contributed by atoms with Crippen molar-refractivity contribution in [1.29, 1.82) is 0 Å². The van der Waals surface area contributed by atoms with E-state index in [1.807, 2.05) is 19.1 Å². The predicted molar refractivity (Wildman–Crippen MR) is 83.0 cm³/mol. The van der Waals surface area contributed by atoms with Gasteiger partial charge in [0.05, 0.1) is 17.7 Å². The van der Waals surface area contributed by atoms with Crippen molar-refractivity contribution in [3.63, 3.8) is 0 Å². The number of halogens is 1. The highest BCUT2D eigenvalue weighted by Gasteiger charge is 2.12. The molecule has 0 bridgehead atoms. The summed E-state index contributed by atoms with van der Waals surface area (Å²) in [6.07, 6.45) is 0. The van der Waals surface area contributed by atoms with Crippen LogP contribution in [0.1, 0.15) is 21.5 Å². The molecule has 0 amide bonds. The Hall–Kier alpha value is -2.20. The highest BCUT2D eigenvalue weighted by atomic mass is 35.5. The summed E-state index contributed by atoms with van der Waals surface area (Å²) in [4.78, 5) is 11.8. The van der Waals surface area contributed by atoms with E-state index in [4.69, 9.17) is 16.3 Å². The highest BCUT2D eigenvalue weighted by molar-refractivity contribution is 6.32. The fourth-order valence-electron chi connectivity index (χ4n) is 1.98. The summed E-state index contributed by atoms with van der Waals surface area (Å²) in [5.74, 6) is -0.366. The van der Waals surface area contributed by atoms with Crippen molar-refractivity contribution in [2.45, 2.75) is 13.5 Å². The van der Waals surface area contributed by atoms with Gasteiger partial charge in [0.2, 0.25) is 0 Å². The molecule has 2 aromatic rings. The van der Waals surface area contributed by atoms with Gasteiger partial charge in [-0.15, -0.1) is 0 Å². The minimum atomic E-state index is -0.406. The Morgan fingerprint density at radius 1 is 1.33 bits per heavy atom. The van der Waals surface area contributed by atoms with Gasteiger partial charge in [-0.25, -0.2) is 4.79 Å². The number of aromatic hydroxyl groups is 1. The molecule has 2 rings (SSSR count). The molecule has 5 heteroatoms. The average Bonchev–Trinajstić information content (AvgIpc) is 2.49. The number of rotatable bonds is 4. The lowest BCUT2D eigenvalue weighted by molar-refractivity contribution is 0.0601. The maximum Gasteiger partial charge on any atom is 0.339 e. The van der Waals surface area contributed by atoms with Gasteiger partial charge in [0.1, 0.15) is 5.75 Å². The second-order valence-electron chi connectivity index (χ2n) is 4.64. The molecule has 21 heavy (non-hydrogen) atoms. The van der Waals surface area contributed by atoms with Crippen molar-refractivity contribution in [3.05, 3.63) is 58.1 Å². The van der Waals surface area contributed by atoms with Crippen molar-refractivity contribution in [2.75, 3.05) is 12.4 Å². The molecule has 0 heterocycles. The first kappa shape index (κ1) is 15.2. The molecular weight excluding hydrogens is 290 g/mol. The first-order valence-corrected chi connectivity index (χ1v) is 6.80. The number of para-hydroxylation sites is 1. The summed E-state index contributed by atoms with van der Waals surface area (Å²) < 4.78 is 4.78. The number of benzene rings is 2. The Morgan fingerprint density at radius 3 is 2.81 bits per heavy atom. The van der Waals surface area contributed by atoms with Crippen LogP contribution in [0.5, 0.6) is 5.75 Å². The van der Waals surface area contributed by atoms with Crippen molar-refractivity contribution in [1.82, 2.24) is 0 Å². The number of carbonyl (C=O) groups is 1. The maximum absolute atomic E-state index is 11.8. The molecule has 0 aromatic heterocycles. The zero-order chi connectivity index (χ0) is 15.4. The predicted octanol–water partition coefficient (Wildman–Crippen LogP) is 3.75. The highest BCUT2D eigenvalue weighted by Crippen LogP contribution is 2.28. The van der Waals surface area contributed by atoms with E-state index in [9.17, 15) is 9.90 Å². The quantitative estimate of drug-likeness (QED) is 0.845. The van der Waals surface area contributed by atoms with Crippen molar-refractivity contribution >= 4 is 23.3 Å². The second-order valence-corrected chi connectivity index (χ2v) is 5.05. The lowest BCUT2D eigenvalue weighted by Crippen LogP contribution is -2.08. The number of hydrogen-bond acceptors (Lipinski definition) is 4. The SMILES string of the molecule is COC(=O)c1cc(C)ccc1NCc1cccc(Cl)c1O. The molecule has 0 unspecified atom stereocenters. The Morgan fingerprint density at radius 2 is 2.10 bits per heavy atom. The first-order chi connectivity index (χ1) is 10.0. The van der Waals surface area contributed by atoms with Crippen LogP contribution < -0.4 is 5.32 Å². The van der Waals surface area contributed by atoms with E-state index < -0.39 is 5.97 Å². The number of ether oxygens (including phenoxy) is 1. The van der Waals surface area contributed by atoms with Gasteiger partial charge in [0, 0.05) is 17.8 Å². The summed E-state index contributed by atoms with van der Waals surface area (Å²) in [7, 11) is 1.34. The number of aryl methyl sites for hydroxylation is 1. The van der Waals surface area contributed by atoms with Crippen LogP contribution in [-0.2, 0) is 11.3 Å². The molecule has 0 aliphatic rings. The van der Waals surface area contributed by atoms with Gasteiger partial charge in [-0.05, 0) is 25.1 Å². The van der Waals surface area contributed by atoms with E-state index in [2.05, 4.69) is 5.32 Å². The lowest BCUT2D eigenvalue weighted by Gasteiger charge is -2.13. The van der Waals surface area contributed by atoms with Crippen LogP contribution in [0.3, 0.4) is 0 Å². The molecular formula is C16H16ClNO3. The third-order valence-electron chi connectivity index (χ3n) is 3.12. The van der Waals surface area contributed by atoms with Gasteiger partial charge in [-0.3, -0.25) is 0 Å². The fraction of sp³-hybridized carbons (Fsp3) is 0.188. The monoisotopic (exact) mass is 305 g/mol. The number of methoxy groups -OCH3 is 1. The number of nitrogens with one attached hydrogen (secondary N) is 1. The van der Waals surface area contributed by atoms with Gasteiger partial charge in [-0.2, -0.15) is 0 Å². The van der Waals surface area contributed by atoms with Crippen LogP contribution in [0.4, 0.5) is 5.69 Å². The summed E-state index contributed by atoms with van der Waals surface area (Å²) in [5.41, 5.74) is 2.72. The molecule has 0 radical (unpaired) electrons. The molecule has 0 aliphatic carbocycles. The third-order valence-corrected chi connectivity index (χ3v) is 3.43. The summed E-state index contributed by atoms with van der Waals surface area (Å²) >= 11 is 5.87. The summed E-state index contributed by atoms with van der Waals surface area (Å²) in [5, 5.41) is 13.3. The lowest BCUT2D eigenvalue weighted by atomic mass is 10.1. The Labute approximate surface area is 128 Å². The molecule has 0 aliphatic heterocycles. The minimum Gasteiger partial charge on any atom is -0.506 e. The topological polar surface area (TPSA) is 58.6 Å². The molecule has 110 valence electrons. The summed E-state index contributed by atoms with van der Waals surface area (Å²) in [6.45, 7) is 2.25.